The van der Waals surface area contributed by atoms with E-state index < -0.39 is 17.4 Å². The van der Waals surface area contributed by atoms with Crippen molar-refractivity contribution in [3.8, 4) is 0 Å². The van der Waals surface area contributed by atoms with Crippen molar-refractivity contribution < 1.29 is 14.4 Å². The van der Waals surface area contributed by atoms with Crippen LogP contribution in [0, 0.1) is 0 Å². The Morgan fingerprint density at radius 2 is 1.29 bits per heavy atom. The summed E-state index contributed by atoms with van der Waals surface area (Å²) in [6.07, 6.45) is 0.460. The zero-order valence-electron chi connectivity index (χ0n) is 13.3. The topological polar surface area (TPSA) is 87.3 Å². The highest BCUT2D eigenvalue weighted by Crippen LogP contribution is 2.18. The van der Waals surface area contributed by atoms with Crippen molar-refractivity contribution >= 4 is 29.6 Å². The predicted molar refractivity (Wildman–Crippen MR) is 92.4 cm³/mol. The van der Waals surface area contributed by atoms with Crippen LogP contribution in [0.25, 0.3) is 0 Å². The van der Waals surface area contributed by atoms with Crippen molar-refractivity contribution in [3.05, 3.63) is 60.7 Å². The van der Waals surface area contributed by atoms with Crippen molar-refractivity contribution in [2.75, 3.05) is 10.6 Å². The maximum atomic E-state index is 12.7. The highest BCUT2D eigenvalue weighted by atomic mass is 16.2. The van der Waals surface area contributed by atoms with Crippen LogP contribution in [0.2, 0.25) is 0 Å². The summed E-state index contributed by atoms with van der Waals surface area (Å²) in [4.78, 5) is 36.4. The number of anilines is 2. The monoisotopic (exact) mass is 325 g/mol. The minimum atomic E-state index is -1.70. The van der Waals surface area contributed by atoms with Gasteiger partial charge in [0.25, 0.3) is 11.8 Å². The van der Waals surface area contributed by atoms with E-state index in [2.05, 4.69) is 16.0 Å². The molecular weight excluding hydrogens is 306 g/mol. The number of carbonyl (C=O) groups is 3. The Labute approximate surface area is 140 Å². The lowest BCUT2D eigenvalue weighted by atomic mass is 9.93. The summed E-state index contributed by atoms with van der Waals surface area (Å²) in [5.74, 6) is -1.20. The summed E-state index contributed by atoms with van der Waals surface area (Å²) < 4.78 is 0. The number of amides is 3. The van der Waals surface area contributed by atoms with Gasteiger partial charge >= 0.3 is 0 Å². The second-order valence-corrected chi connectivity index (χ2v) is 5.16. The van der Waals surface area contributed by atoms with E-state index in [1.54, 1.807) is 55.5 Å². The van der Waals surface area contributed by atoms with Gasteiger partial charge in [-0.3, -0.25) is 14.4 Å². The molecule has 3 amide bonds. The van der Waals surface area contributed by atoms with Crippen LogP contribution in [0.3, 0.4) is 0 Å². The van der Waals surface area contributed by atoms with E-state index in [0.717, 1.165) is 0 Å². The molecule has 2 aromatic carbocycles. The third kappa shape index (κ3) is 3.78. The minimum absolute atomic E-state index is 0.100. The molecular formula is C18H19N3O3. The van der Waals surface area contributed by atoms with E-state index in [-0.39, 0.29) is 6.42 Å². The van der Waals surface area contributed by atoms with E-state index in [1.165, 1.54) is 0 Å². The summed E-state index contributed by atoms with van der Waals surface area (Å²) in [7, 11) is 0. The van der Waals surface area contributed by atoms with Crippen LogP contribution < -0.4 is 16.0 Å². The highest BCUT2D eigenvalue weighted by molar-refractivity contribution is 6.19. The molecule has 0 aromatic heterocycles. The smallest absolute Gasteiger partial charge is 0.259 e. The highest BCUT2D eigenvalue weighted by Gasteiger charge is 2.44. The molecule has 0 radical (unpaired) electrons. The molecule has 0 saturated carbocycles. The molecule has 0 saturated heterocycles. The SMILES string of the molecule is CCC(NC=O)(C(=O)Nc1ccccc1)C(=O)Nc1ccccc1. The molecule has 2 aromatic rings. The van der Waals surface area contributed by atoms with Crippen LogP contribution in [-0.2, 0) is 14.4 Å². The van der Waals surface area contributed by atoms with Crippen molar-refractivity contribution in [1.29, 1.82) is 0 Å². The number of rotatable bonds is 7. The second-order valence-electron chi connectivity index (χ2n) is 5.16. The maximum Gasteiger partial charge on any atom is 0.259 e. The number of benzene rings is 2. The molecule has 24 heavy (non-hydrogen) atoms. The Balaban J connectivity index is 2.25. The largest absolute Gasteiger partial charge is 0.337 e. The van der Waals surface area contributed by atoms with Gasteiger partial charge in [0.2, 0.25) is 6.41 Å². The van der Waals surface area contributed by atoms with E-state index >= 15 is 0 Å². The Morgan fingerprint density at radius 3 is 1.62 bits per heavy atom. The molecule has 0 aliphatic carbocycles. The zero-order chi connectivity index (χ0) is 17.4. The third-order valence-corrected chi connectivity index (χ3v) is 3.67. The normalized spacial score (nSPS) is 10.5. The molecule has 0 unspecified atom stereocenters. The number of nitrogens with one attached hydrogen (secondary N) is 3. The van der Waals surface area contributed by atoms with Crippen molar-refractivity contribution in [1.82, 2.24) is 5.32 Å². The quantitative estimate of drug-likeness (QED) is 0.538. The first-order valence-corrected chi connectivity index (χ1v) is 7.56. The van der Waals surface area contributed by atoms with Crippen LogP contribution in [-0.4, -0.2) is 23.8 Å². The Kier molecular flexibility index (Phi) is 5.68. The van der Waals surface area contributed by atoms with Gasteiger partial charge in [-0.05, 0) is 30.7 Å². The van der Waals surface area contributed by atoms with Crippen LogP contribution in [0.1, 0.15) is 13.3 Å². The summed E-state index contributed by atoms with van der Waals surface area (Å²) >= 11 is 0. The summed E-state index contributed by atoms with van der Waals surface area (Å²) in [5.41, 5.74) is -0.617. The van der Waals surface area contributed by atoms with Gasteiger partial charge in [-0.1, -0.05) is 43.3 Å². The number of para-hydroxylation sites is 2. The standard InChI is InChI=1S/C18H19N3O3/c1-2-18(19-13-22,16(23)20-14-9-5-3-6-10-14)17(24)21-15-11-7-4-8-12-15/h3-13H,2H2,1H3,(H,19,22)(H,20,23)(H,21,24). The van der Waals surface area contributed by atoms with Gasteiger partial charge in [0.05, 0.1) is 0 Å². The van der Waals surface area contributed by atoms with E-state index in [9.17, 15) is 14.4 Å². The lowest BCUT2D eigenvalue weighted by molar-refractivity contribution is -0.135. The fourth-order valence-electron chi connectivity index (χ4n) is 2.28. The lowest BCUT2D eigenvalue weighted by Crippen LogP contribution is -2.61. The maximum absolute atomic E-state index is 12.7. The molecule has 6 nitrogen and oxygen atoms in total. The first-order chi connectivity index (χ1) is 11.6. The Bertz CT molecular complexity index is 648. The fraction of sp³-hybridized carbons (Fsp3) is 0.167. The fourth-order valence-corrected chi connectivity index (χ4v) is 2.28. The predicted octanol–water partition coefficient (Wildman–Crippen LogP) is 2.16. The number of hydrogen-bond donors (Lipinski definition) is 3. The van der Waals surface area contributed by atoms with E-state index in [1.807, 2.05) is 12.1 Å². The van der Waals surface area contributed by atoms with Gasteiger partial charge < -0.3 is 16.0 Å². The third-order valence-electron chi connectivity index (χ3n) is 3.67. The van der Waals surface area contributed by atoms with Crippen molar-refractivity contribution in [3.63, 3.8) is 0 Å². The van der Waals surface area contributed by atoms with Gasteiger partial charge in [0.1, 0.15) is 0 Å². The summed E-state index contributed by atoms with van der Waals surface area (Å²) in [5, 5.41) is 7.71. The average Bonchev–Trinajstić information content (AvgIpc) is 2.61. The lowest BCUT2D eigenvalue weighted by Gasteiger charge is -2.29. The van der Waals surface area contributed by atoms with E-state index in [4.69, 9.17) is 0 Å². The molecule has 0 atom stereocenters. The zero-order valence-corrected chi connectivity index (χ0v) is 13.3. The van der Waals surface area contributed by atoms with Gasteiger partial charge in [-0.15, -0.1) is 0 Å². The summed E-state index contributed by atoms with van der Waals surface area (Å²) in [6, 6.07) is 17.5. The number of carbonyl (C=O) groups excluding carboxylic acids is 3. The van der Waals surface area contributed by atoms with Gasteiger partial charge in [0, 0.05) is 11.4 Å². The van der Waals surface area contributed by atoms with Crippen molar-refractivity contribution in [2.24, 2.45) is 0 Å². The van der Waals surface area contributed by atoms with Crippen LogP contribution in [0.5, 0.6) is 0 Å². The number of hydrogen-bond acceptors (Lipinski definition) is 3. The molecule has 3 N–H and O–H groups in total. The second kappa shape index (κ2) is 7.92. The average molecular weight is 325 g/mol. The summed E-state index contributed by atoms with van der Waals surface area (Å²) in [6.45, 7) is 1.66. The van der Waals surface area contributed by atoms with Gasteiger partial charge in [-0.25, -0.2) is 0 Å². The van der Waals surface area contributed by atoms with E-state index in [0.29, 0.717) is 17.8 Å². The van der Waals surface area contributed by atoms with Gasteiger partial charge in [0.15, 0.2) is 5.54 Å². The van der Waals surface area contributed by atoms with Gasteiger partial charge in [-0.2, -0.15) is 0 Å². The van der Waals surface area contributed by atoms with Crippen LogP contribution >= 0.6 is 0 Å². The molecule has 0 aliphatic heterocycles. The molecule has 2 rings (SSSR count). The molecule has 0 fully saturated rings. The van der Waals surface area contributed by atoms with Crippen LogP contribution in [0.4, 0.5) is 11.4 Å². The van der Waals surface area contributed by atoms with Crippen LogP contribution in [0.15, 0.2) is 60.7 Å². The molecule has 6 heteroatoms. The minimum Gasteiger partial charge on any atom is -0.337 e. The first-order valence-electron chi connectivity index (χ1n) is 7.56. The first kappa shape index (κ1) is 17.2. The molecule has 0 heterocycles. The molecule has 0 spiro atoms. The Hall–Kier alpha value is -3.15. The molecule has 0 bridgehead atoms. The molecule has 0 aliphatic rings. The molecule has 124 valence electrons. The Morgan fingerprint density at radius 1 is 0.875 bits per heavy atom. The van der Waals surface area contributed by atoms with Crippen molar-refractivity contribution in [2.45, 2.75) is 18.9 Å².